The molecule has 1 aromatic carbocycles. The Balaban J connectivity index is 2.75. The number of carbonyl (C=O) groups is 1. The Labute approximate surface area is 117 Å². The number of rotatable bonds is 8. The van der Waals surface area contributed by atoms with Crippen molar-refractivity contribution in [3.8, 4) is 5.75 Å². The maximum absolute atomic E-state index is 13.2. The van der Waals surface area contributed by atoms with Crippen molar-refractivity contribution in [1.29, 1.82) is 0 Å². The highest BCUT2D eigenvalue weighted by molar-refractivity contribution is 5.96. The van der Waals surface area contributed by atoms with Crippen LogP contribution in [0.1, 0.15) is 0 Å². The number of amides is 1. The number of benzene rings is 1. The van der Waals surface area contributed by atoms with Crippen LogP contribution in [0.3, 0.4) is 0 Å². The molecule has 1 rings (SSSR count). The molecule has 0 aliphatic rings. The Kier molecular flexibility index (Phi) is 6.92. The van der Waals surface area contributed by atoms with Crippen LogP contribution < -0.4 is 15.8 Å². The van der Waals surface area contributed by atoms with Gasteiger partial charge in [-0.25, -0.2) is 4.39 Å². The van der Waals surface area contributed by atoms with Crippen molar-refractivity contribution < 1.29 is 23.4 Å². The zero-order chi connectivity index (χ0) is 15.0. The first-order valence-electron chi connectivity index (χ1n) is 6.05. The minimum absolute atomic E-state index is 0.0705. The fraction of sp³-hybridized carbons (Fsp3) is 0.462. The number of halogens is 1. The Morgan fingerprint density at radius 1 is 1.35 bits per heavy atom. The van der Waals surface area contributed by atoms with Gasteiger partial charge in [0.1, 0.15) is 24.2 Å². The van der Waals surface area contributed by atoms with E-state index in [2.05, 4.69) is 5.32 Å². The van der Waals surface area contributed by atoms with Crippen molar-refractivity contribution in [1.82, 2.24) is 0 Å². The number of nitrogens with two attached hydrogens (primary N) is 1. The van der Waals surface area contributed by atoms with E-state index in [0.717, 1.165) is 0 Å². The van der Waals surface area contributed by atoms with E-state index in [0.29, 0.717) is 12.4 Å². The van der Waals surface area contributed by atoms with Gasteiger partial charge in [-0.2, -0.15) is 0 Å². The number of nitrogens with one attached hydrogen (secondary N) is 1. The molecule has 0 radical (unpaired) electrons. The monoisotopic (exact) mass is 286 g/mol. The van der Waals surface area contributed by atoms with Gasteiger partial charge in [0.05, 0.1) is 18.9 Å². The van der Waals surface area contributed by atoms with E-state index in [1.54, 1.807) is 7.11 Å². The predicted octanol–water partition coefficient (Wildman–Crippen LogP) is 0.763. The van der Waals surface area contributed by atoms with Gasteiger partial charge in [0.15, 0.2) is 0 Å². The summed E-state index contributed by atoms with van der Waals surface area (Å²) < 4.78 is 28.3. The minimum Gasteiger partial charge on any atom is -0.489 e. The molecule has 0 spiro atoms. The average molecular weight is 286 g/mol. The van der Waals surface area contributed by atoms with Gasteiger partial charge in [0, 0.05) is 20.3 Å². The molecule has 0 saturated carbocycles. The molecule has 0 heterocycles. The summed E-state index contributed by atoms with van der Waals surface area (Å²) in [5.74, 6) is -0.616. The molecule has 112 valence electrons. The summed E-state index contributed by atoms with van der Waals surface area (Å²) in [6.45, 7) is 0.740. The van der Waals surface area contributed by atoms with Crippen LogP contribution in [-0.2, 0) is 14.3 Å². The summed E-state index contributed by atoms with van der Waals surface area (Å²) in [6.07, 6.45) is 0. The van der Waals surface area contributed by atoms with Gasteiger partial charge in [0.2, 0.25) is 5.91 Å². The molecule has 7 heteroatoms. The Hall–Kier alpha value is -1.70. The lowest BCUT2D eigenvalue weighted by Gasteiger charge is -2.15. The molecule has 6 nitrogen and oxygen atoms in total. The number of ether oxygens (including phenoxy) is 3. The lowest BCUT2D eigenvalue weighted by Crippen LogP contribution is -2.39. The highest BCUT2D eigenvalue weighted by atomic mass is 19.1. The fourth-order valence-corrected chi connectivity index (χ4v) is 1.44. The fourth-order valence-electron chi connectivity index (χ4n) is 1.44. The molecule has 0 bridgehead atoms. The lowest BCUT2D eigenvalue weighted by molar-refractivity contribution is -0.118. The predicted molar refractivity (Wildman–Crippen MR) is 72.3 cm³/mol. The number of anilines is 1. The topological polar surface area (TPSA) is 82.8 Å². The van der Waals surface area contributed by atoms with Crippen LogP contribution in [0.15, 0.2) is 18.2 Å². The molecular weight excluding hydrogens is 267 g/mol. The molecule has 3 N–H and O–H groups in total. The van der Waals surface area contributed by atoms with Gasteiger partial charge < -0.3 is 25.3 Å². The number of hydrogen-bond donors (Lipinski definition) is 2. The van der Waals surface area contributed by atoms with Crippen LogP contribution in [0.4, 0.5) is 10.1 Å². The summed E-state index contributed by atoms with van der Waals surface area (Å²) >= 11 is 0. The van der Waals surface area contributed by atoms with Crippen molar-refractivity contribution in [3.63, 3.8) is 0 Å². The van der Waals surface area contributed by atoms with Gasteiger partial charge in [-0.3, -0.25) is 4.79 Å². The molecule has 20 heavy (non-hydrogen) atoms. The largest absolute Gasteiger partial charge is 0.489 e. The normalized spacial score (nSPS) is 12.0. The van der Waals surface area contributed by atoms with Crippen molar-refractivity contribution in [2.24, 2.45) is 5.73 Å². The number of carbonyl (C=O) groups excluding carboxylic acids is 1. The summed E-state index contributed by atoms with van der Waals surface area (Å²) in [5.41, 5.74) is 5.81. The average Bonchev–Trinajstić information content (AvgIpc) is 2.41. The van der Waals surface area contributed by atoms with E-state index in [9.17, 15) is 9.18 Å². The lowest BCUT2D eigenvalue weighted by atomic mass is 10.2. The molecular formula is C13H19FN2O4. The molecule has 0 saturated heterocycles. The van der Waals surface area contributed by atoms with Crippen molar-refractivity contribution >= 4 is 11.6 Å². The van der Waals surface area contributed by atoms with Crippen LogP contribution >= 0.6 is 0 Å². The van der Waals surface area contributed by atoms with Crippen molar-refractivity contribution in [2.45, 2.75) is 6.04 Å². The minimum atomic E-state index is -0.838. The maximum atomic E-state index is 13.2. The van der Waals surface area contributed by atoms with E-state index in [1.807, 2.05) is 0 Å². The van der Waals surface area contributed by atoms with Crippen LogP contribution in [0, 0.1) is 5.82 Å². The van der Waals surface area contributed by atoms with Crippen LogP contribution in [0.2, 0.25) is 0 Å². The molecule has 1 amide bonds. The Morgan fingerprint density at radius 3 is 2.75 bits per heavy atom. The third kappa shape index (κ3) is 5.12. The van der Waals surface area contributed by atoms with Gasteiger partial charge >= 0.3 is 0 Å². The summed E-state index contributed by atoms with van der Waals surface area (Å²) in [6, 6.07) is 3.00. The van der Waals surface area contributed by atoms with Crippen LogP contribution in [0.5, 0.6) is 5.75 Å². The zero-order valence-electron chi connectivity index (χ0n) is 11.5. The Bertz CT molecular complexity index is 442. The highest BCUT2D eigenvalue weighted by Gasteiger charge is 2.16. The standard InChI is InChI=1S/C13H19FN2O4/c1-18-5-6-20-12-4-3-9(14)7-11(12)16-13(17)10(15)8-19-2/h3-4,7,10H,5-6,8,15H2,1-2H3,(H,16,17). The first-order valence-corrected chi connectivity index (χ1v) is 6.05. The molecule has 1 atom stereocenters. The first kappa shape index (κ1) is 16.4. The molecule has 0 aromatic heterocycles. The van der Waals surface area contributed by atoms with E-state index < -0.39 is 17.8 Å². The second kappa shape index (κ2) is 8.47. The van der Waals surface area contributed by atoms with Crippen molar-refractivity contribution in [3.05, 3.63) is 24.0 Å². The second-order valence-corrected chi connectivity index (χ2v) is 4.03. The van der Waals surface area contributed by atoms with E-state index >= 15 is 0 Å². The Morgan fingerprint density at radius 2 is 2.10 bits per heavy atom. The summed E-state index contributed by atoms with van der Waals surface area (Å²) in [5, 5.41) is 2.51. The quantitative estimate of drug-likeness (QED) is 0.690. The van der Waals surface area contributed by atoms with Gasteiger partial charge in [0.25, 0.3) is 0 Å². The van der Waals surface area contributed by atoms with Gasteiger partial charge in [-0.15, -0.1) is 0 Å². The SMILES string of the molecule is COCCOc1ccc(F)cc1NC(=O)C(N)COC. The first-order chi connectivity index (χ1) is 9.58. The molecule has 1 aromatic rings. The number of hydrogen-bond acceptors (Lipinski definition) is 5. The third-order valence-electron chi connectivity index (χ3n) is 2.43. The van der Waals surface area contributed by atoms with Crippen molar-refractivity contribution in [2.75, 3.05) is 39.4 Å². The molecule has 0 aliphatic carbocycles. The highest BCUT2D eigenvalue weighted by Crippen LogP contribution is 2.25. The zero-order valence-corrected chi connectivity index (χ0v) is 11.5. The number of methoxy groups -OCH3 is 2. The molecule has 0 fully saturated rings. The smallest absolute Gasteiger partial charge is 0.243 e. The summed E-state index contributed by atoms with van der Waals surface area (Å²) in [7, 11) is 2.98. The second-order valence-electron chi connectivity index (χ2n) is 4.03. The van der Waals surface area contributed by atoms with Gasteiger partial charge in [-0.05, 0) is 12.1 Å². The van der Waals surface area contributed by atoms with Crippen LogP contribution in [0.25, 0.3) is 0 Å². The summed E-state index contributed by atoms with van der Waals surface area (Å²) in [4.78, 5) is 11.8. The van der Waals surface area contributed by atoms with E-state index in [-0.39, 0.29) is 18.9 Å². The third-order valence-corrected chi connectivity index (χ3v) is 2.43. The van der Waals surface area contributed by atoms with E-state index in [4.69, 9.17) is 19.9 Å². The molecule has 0 aliphatic heterocycles. The molecule has 1 unspecified atom stereocenters. The van der Waals surface area contributed by atoms with E-state index in [1.165, 1.54) is 25.3 Å². The van der Waals surface area contributed by atoms with Crippen LogP contribution in [-0.4, -0.2) is 46.0 Å². The maximum Gasteiger partial charge on any atom is 0.243 e. The van der Waals surface area contributed by atoms with Gasteiger partial charge in [-0.1, -0.05) is 0 Å².